The van der Waals surface area contributed by atoms with E-state index in [1.807, 2.05) is 42.8 Å². The molecule has 0 aliphatic carbocycles. The number of rotatable bonds is 5. The third kappa shape index (κ3) is 2.71. The van der Waals surface area contributed by atoms with Crippen molar-refractivity contribution in [3.63, 3.8) is 0 Å². The van der Waals surface area contributed by atoms with Crippen LogP contribution in [0.15, 0.2) is 30.6 Å². The maximum atomic E-state index is 5.67. The van der Waals surface area contributed by atoms with Crippen LogP contribution in [0.1, 0.15) is 12.5 Å². The van der Waals surface area contributed by atoms with Gasteiger partial charge in [0.2, 0.25) is 11.8 Å². The maximum absolute atomic E-state index is 5.67. The molecule has 2 heterocycles. The van der Waals surface area contributed by atoms with Crippen LogP contribution in [0.5, 0.6) is 5.88 Å². The number of aryl methyl sites for hydroxylation is 1. The van der Waals surface area contributed by atoms with E-state index in [0.717, 1.165) is 16.9 Å². The topological polar surface area (TPSA) is 90.9 Å². The Balaban J connectivity index is 2.00. The summed E-state index contributed by atoms with van der Waals surface area (Å²) >= 11 is 0. The van der Waals surface area contributed by atoms with Gasteiger partial charge in [-0.1, -0.05) is 12.1 Å². The molecule has 0 spiro atoms. The van der Waals surface area contributed by atoms with E-state index in [2.05, 4.69) is 20.3 Å². The molecule has 0 saturated heterocycles. The zero-order valence-corrected chi connectivity index (χ0v) is 12.6. The lowest BCUT2D eigenvalue weighted by molar-refractivity contribution is 0.330. The van der Waals surface area contributed by atoms with Gasteiger partial charge in [0.15, 0.2) is 11.2 Å². The smallest absolute Gasteiger partial charge is 0.247 e. The minimum absolute atomic E-state index is 0.466. The number of hydrogen-bond donors (Lipinski definition) is 2. The molecule has 0 aliphatic heterocycles. The summed E-state index contributed by atoms with van der Waals surface area (Å²) in [4.78, 5) is 13.2. The number of nitrogens with zero attached hydrogens (tertiary/aromatic N) is 4. The number of nitrogens with one attached hydrogen (secondary N) is 1. The Bertz CT molecular complexity index is 798. The van der Waals surface area contributed by atoms with Crippen molar-refractivity contribution in [3.8, 4) is 5.88 Å². The number of fused-ring (bicyclic) bond motifs is 1. The summed E-state index contributed by atoms with van der Waals surface area (Å²) in [5.41, 5.74) is 8.96. The van der Waals surface area contributed by atoms with Crippen molar-refractivity contribution in [2.45, 2.75) is 13.5 Å². The van der Waals surface area contributed by atoms with Crippen LogP contribution >= 0.6 is 0 Å². The zero-order chi connectivity index (χ0) is 15.5. The van der Waals surface area contributed by atoms with Crippen molar-refractivity contribution in [2.24, 2.45) is 12.8 Å². The van der Waals surface area contributed by atoms with Gasteiger partial charge in [-0.05, 0) is 24.6 Å². The number of aromatic nitrogens is 4. The molecule has 0 fully saturated rings. The molecular formula is C15H18N6O. The molecule has 0 bridgehead atoms. The quantitative estimate of drug-likeness (QED) is 0.748. The molecule has 0 aliphatic rings. The average molecular weight is 298 g/mol. The first-order valence-corrected chi connectivity index (χ1v) is 7.09. The number of ether oxygens (including phenoxy) is 1. The van der Waals surface area contributed by atoms with Gasteiger partial charge in [-0.3, -0.25) is 0 Å². The minimum atomic E-state index is 0.466. The Labute approximate surface area is 128 Å². The summed E-state index contributed by atoms with van der Waals surface area (Å²) in [6, 6.07) is 7.83. The molecule has 3 rings (SSSR count). The van der Waals surface area contributed by atoms with E-state index in [4.69, 9.17) is 10.5 Å². The highest BCUT2D eigenvalue weighted by molar-refractivity contribution is 5.78. The molecule has 0 atom stereocenters. The SMILES string of the molecule is CCOc1nc(Nc2cccc(CN)c2)nc2c1ncn2C. The van der Waals surface area contributed by atoms with E-state index in [-0.39, 0.29) is 0 Å². The number of benzene rings is 1. The van der Waals surface area contributed by atoms with E-state index < -0.39 is 0 Å². The van der Waals surface area contributed by atoms with Crippen LogP contribution < -0.4 is 15.8 Å². The summed E-state index contributed by atoms with van der Waals surface area (Å²) in [5.74, 6) is 0.944. The summed E-state index contributed by atoms with van der Waals surface area (Å²) in [6.07, 6.45) is 1.70. The number of hydrogen-bond acceptors (Lipinski definition) is 6. The Kier molecular flexibility index (Phi) is 3.88. The van der Waals surface area contributed by atoms with Crippen molar-refractivity contribution in [3.05, 3.63) is 36.2 Å². The largest absolute Gasteiger partial charge is 0.476 e. The molecule has 3 aromatic rings. The molecule has 114 valence electrons. The summed E-state index contributed by atoms with van der Waals surface area (Å²) in [6.45, 7) is 2.92. The normalized spacial score (nSPS) is 10.9. The fourth-order valence-corrected chi connectivity index (χ4v) is 2.18. The first-order chi connectivity index (χ1) is 10.7. The molecule has 3 N–H and O–H groups in total. The predicted molar refractivity (Wildman–Crippen MR) is 85.1 cm³/mol. The van der Waals surface area contributed by atoms with Crippen LogP contribution in [0.2, 0.25) is 0 Å². The molecule has 7 nitrogen and oxygen atoms in total. The van der Waals surface area contributed by atoms with E-state index >= 15 is 0 Å². The Morgan fingerprint density at radius 3 is 2.95 bits per heavy atom. The molecule has 2 aromatic heterocycles. The molecule has 0 amide bonds. The molecule has 0 unspecified atom stereocenters. The van der Waals surface area contributed by atoms with Gasteiger partial charge >= 0.3 is 0 Å². The average Bonchev–Trinajstić information content (AvgIpc) is 2.90. The first kappa shape index (κ1) is 14.3. The Hall–Kier alpha value is -2.67. The van der Waals surface area contributed by atoms with Crippen LogP contribution in [0, 0.1) is 0 Å². The Morgan fingerprint density at radius 1 is 1.32 bits per heavy atom. The highest BCUT2D eigenvalue weighted by Crippen LogP contribution is 2.24. The van der Waals surface area contributed by atoms with Crippen LogP contribution in [0.3, 0.4) is 0 Å². The van der Waals surface area contributed by atoms with Gasteiger partial charge in [-0.2, -0.15) is 9.97 Å². The Morgan fingerprint density at radius 2 is 2.18 bits per heavy atom. The van der Waals surface area contributed by atoms with Gasteiger partial charge in [-0.15, -0.1) is 0 Å². The van der Waals surface area contributed by atoms with Crippen LogP contribution in [-0.2, 0) is 13.6 Å². The second-order valence-corrected chi connectivity index (χ2v) is 4.84. The highest BCUT2D eigenvalue weighted by atomic mass is 16.5. The van der Waals surface area contributed by atoms with Crippen molar-refractivity contribution in [1.82, 2.24) is 19.5 Å². The summed E-state index contributed by atoms with van der Waals surface area (Å²) in [5, 5.41) is 3.19. The highest BCUT2D eigenvalue weighted by Gasteiger charge is 2.13. The van der Waals surface area contributed by atoms with E-state index in [0.29, 0.717) is 30.5 Å². The molecule has 22 heavy (non-hydrogen) atoms. The van der Waals surface area contributed by atoms with Gasteiger partial charge in [-0.25, -0.2) is 4.98 Å². The second-order valence-electron chi connectivity index (χ2n) is 4.84. The summed E-state index contributed by atoms with van der Waals surface area (Å²) < 4.78 is 7.40. The second kappa shape index (κ2) is 5.98. The summed E-state index contributed by atoms with van der Waals surface area (Å²) in [7, 11) is 1.89. The molecule has 0 saturated carbocycles. The van der Waals surface area contributed by atoms with Gasteiger partial charge in [0.1, 0.15) is 0 Å². The molecule has 0 radical (unpaired) electrons. The van der Waals surface area contributed by atoms with Crippen molar-refractivity contribution in [2.75, 3.05) is 11.9 Å². The fraction of sp³-hybridized carbons (Fsp3) is 0.267. The lowest BCUT2D eigenvalue weighted by Gasteiger charge is -2.09. The lowest BCUT2D eigenvalue weighted by atomic mass is 10.2. The van der Waals surface area contributed by atoms with Crippen LogP contribution in [0.4, 0.5) is 11.6 Å². The first-order valence-electron chi connectivity index (χ1n) is 7.09. The van der Waals surface area contributed by atoms with Gasteiger partial charge in [0.05, 0.1) is 12.9 Å². The monoisotopic (exact) mass is 298 g/mol. The van der Waals surface area contributed by atoms with Crippen molar-refractivity contribution < 1.29 is 4.74 Å². The predicted octanol–water partition coefficient (Wildman–Crippen LogP) is 1.96. The van der Waals surface area contributed by atoms with E-state index in [9.17, 15) is 0 Å². The third-order valence-corrected chi connectivity index (χ3v) is 3.23. The molecular weight excluding hydrogens is 280 g/mol. The van der Waals surface area contributed by atoms with Gasteiger partial charge in [0, 0.05) is 19.3 Å². The number of nitrogens with two attached hydrogens (primary N) is 1. The lowest BCUT2D eigenvalue weighted by Crippen LogP contribution is -2.04. The van der Waals surface area contributed by atoms with E-state index in [1.165, 1.54) is 0 Å². The van der Waals surface area contributed by atoms with Crippen molar-refractivity contribution >= 4 is 22.8 Å². The maximum Gasteiger partial charge on any atom is 0.247 e. The van der Waals surface area contributed by atoms with Crippen molar-refractivity contribution in [1.29, 1.82) is 0 Å². The molecule has 1 aromatic carbocycles. The number of anilines is 2. The standard InChI is InChI=1S/C15H18N6O/c1-3-22-14-12-13(21(2)9-17-12)19-15(20-14)18-11-6-4-5-10(7-11)8-16/h4-7,9H,3,8,16H2,1-2H3,(H,18,19,20). The van der Waals surface area contributed by atoms with Crippen LogP contribution in [0.25, 0.3) is 11.2 Å². The zero-order valence-electron chi connectivity index (χ0n) is 12.6. The fourth-order valence-electron chi connectivity index (χ4n) is 2.18. The van der Waals surface area contributed by atoms with Crippen LogP contribution in [-0.4, -0.2) is 26.1 Å². The minimum Gasteiger partial charge on any atom is -0.476 e. The molecule has 7 heteroatoms. The van der Waals surface area contributed by atoms with E-state index in [1.54, 1.807) is 6.33 Å². The number of imidazole rings is 1. The third-order valence-electron chi connectivity index (χ3n) is 3.23. The van der Waals surface area contributed by atoms with Gasteiger partial charge < -0.3 is 20.4 Å². The van der Waals surface area contributed by atoms with Gasteiger partial charge in [0.25, 0.3) is 0 Å².